The molecule has 1 heterocycles. The molecule has 2 aromatic rings. The van der Waals surface area contributed by atoms with Gasteiger partial charge in [-0.05, 0) is 19.1 Å². The zero-order chi connectivity index (χ0) is 11.8. The highest BCUT2D eigenvalue weighted by atomic mass is 16.3. The topological polar surface area (TPSA) is 95.2 Å². The largest absolute Gasteiger partial charge is 0.508 e. The molecule has 86 valence electrons. The number of hydrogen-bond acceptors (Lipinski definition) is 4. The highest BCUT2D eigenvalue weighted by Crippen LogP contribution is 2.19. The Morgan fingerprint density at radius 3 is 2.94 bits per heavy atom. The van der Waals surface area contributed by atoms with Crippen LogP contribution in [0.2, 0.25) is 0 Å². The molecule has 2 rings (SSSR count). The molecule has 0 spiro atoms. The number of imidazole rings is 1. The number of phenols is 1. The molecule has 0 aliphatic carbocycles. The number of aromatic amines is 1. The third-order valence-corrected chi connectivity index (χ3v) is 2.50. The highest BCUT2D eigenvalue weighted by molar-refractivity contribution is 5.76. The van der Waals surface area contributed by atoms with Gasteiger partial charge in [-0.2, -0.15) is 0 Å². The van der Waals surface area contributed by atoms with Crippen molar-refractivity contribution in [2.45, 2.75) is 18.9 Å². The molecule has 16 heavy (non-hydrogen) atoms. The summed E-state index contributed by atoms with van der Waals surface area (Å²) in [6.07, 6.45) is 0.360. The summed E-state index contributed by atoms with van der Waals surface area (Å²) in [7, 11) is 0. The highest BCUT2D eigenvalue weighted by Gasteiger charge is 2.20. The first-order chi connectivity index (χ1) is 7.50. The van der Waals surface area contributed by atoms with Gasteiger partial charge in [0.1, 0.15) is 11.6 Å². The van der Waals surface area contributed by atoms with Crippen LogP contribution in [0.5, 0.6) is 5.75 Å². The third kappa shape index (κ3) is 2.15. The van der Waals surface area contributed by atoms with Crippen molar-refractivity contribution in [1.82, 2.24) is 9.97 Å². The molecule has 0 saturated heterocycles. The van der Waals surface area contributed by atoms with Gasteiger partial charge < -0.3 is 20.9 Å². The summed E-state index contributed by atoms with van der Waals surface area (Å²) in [6.45, 7) is 1.84. The second-order valence-corrected chi connectivity index (χ2v) is 4.26. The van der Waals surface area contributed by atoms with Crippen molar-refractivity contribution in [3.8, 4) is 5.75 Å². The first kappa shape index (κ1) is 10.9. The van der Waals surface area contributed by atoms with Crippen LogP contribution >= 0.6 is 0 Å². The Hall–Kier alpha value is -1.59. The van der Waals surface area contributed by atoms with E-state index in [0.29, 0.717) is 12.2 Å². The number of nitrogens with one attached hydrogen (secondary N) is 1. The Morgan fingerprint density at radius 2 is 2.25 bits per heavy atom. The lowest BCUT2D eigenvalue weighted by molar-refractivity contribution is 0.0678. The predicted octanol–water partition coefficient (Wildman–Crippen LogP) is 0.521. The van der Waals surface area contributed by atoms with Crippen molar-refractivity contribution in [3.05, 3.63) is 24.0 Å². The quantitative estimate of drug-likeness (QED) is 0.607. The number of phenolic OH excluding ortho intramolecular Hbond substituents is 1. The van der Waals surface area contributed by atoms with Crippen LogP contribution in [0.25, 0.3) is 11.0 Å². The summed E-state index contributed by atoms with van der Waals surface area (Å²) in [5.74, 6) is 0.851. The smallest absolute Gasteiger partial charge is 0.117 e. The number of H-pyrrole nitrogens is 1. The van der Waals surface area contributed by atoms with Gasteiger partial charge in [0.2, 0.25) is 0 Å². The first-order valence-corrected chi connectivity index (χ1v) is 5.10. The van der Waals surface area contributed by atoms with E-state index >= 15 is 0 Å². The van der Waals surface area contributed by atoms with Crippen molar-refractivity contribution < 1.29 is 10.2 Å². The van der Waals surface area contributed by atoms with Crippen LogP contribution in [0.15, 0.2) is 18.2 Å². The maximum Gasteiger partial charge on any atom is 0.117 e. The molecule has 5 heteroatoms. The predicted molar refractivity (Wildman–Crippen MR) is 61.1 cm³/mol. The van der Waals surface area contributed by atoms with E-state index in [-0.39, 0.29) is 12.3 Å². The van der Waals surface area contributed by atoms with Gasteiger partial charge in [0.25, 0.3) is 0 Å². The second kappa shape index (κ2) is 3.77. The zero-order valence-corrected chi connectivity index (χ0v) is 9.07. The number of fused-ring (bicyclic) bond motifs is 1. The van der Waals surface area contributed by atoms with E-state index in [1.807, 2.05) is 0 Å². The Labute approximate surface area is 92.9 Å². The van der Waals surface area contributed by atoms with Gasteiger partial charge >= 0.3 is 0 Å². The number of aromatic nitrogens is 2. The van der Waals surface area contributed by atoms with Gasteiger partial charge in [0.05, 0.1) is 16.6 Å². The third-order valence-electron chi connectivity index (χ3n) is 2.50. The molecule has 0 radical (unpaired) electrons. The maximum absolute atomic E-state index is 9.82. The molecule has 1 aromatic heterocycles. The van der Waals surface area contributed by atoms with Gasteiger partial charge in [0.15, 0.2) is 0 Å². The molecule has 1 unspecified atom stereocenters. The number of nitrogens with zero attached hydrogens (tertiary/aromatic N) is 1. The van der Waals surface area contributed by atoms with Crippen LogP contribution in [0.3, 0.4) is 0 Å². The number of aliphatic hydroxyl groups is 1. The molecule has 5 nitrogen and oxygen atoms in total. The molecule has 0 aliphatic heterocycles. The van der Waals surface area contributed by atoms with Crippen molar-refractivity contribution in [1.29, 1.82) is 0 Å². The van der Waals surface area contributed by atoms with Crippen LogP contribution in [0, 0.1) is 0 Å². The van der Waals surface area contributed by atoms with E-state index in [9.17, 15) is 10.2 Å². The summed E-state index contributed by atoms with van der Waals surface area (Å²) in [6, 6.07) is 4.90. The molecule has 5 N–H and O–H groups in total. The van der Waals surface area contributed by atoms with E-state index in [2.05, 4.69) is 9.97 Å². The second-order valence-electron chi connectivity index (χ2n) is 4.26. The SMILES string of the molecule is CC(O)(CN)Cc1nc2ccc(O)cc2[nH]1. The van der Waals surface area contributed by atoms with E-state index in [1.165, 1.54) is 0 Å². The summed E-state index contributed by atoms with van der Waals surface area (Å²) in [5, 5.41) is 19.1. The van der Waals surface area contributed by atoms with Gasteiger partial charge in [-0.1, -0.05) is 0 Å². The Balaban J connectivity index is 2.33. The van der Waals surface area contributed by atoms with E-state index in [1.54, 1.807) is 25.1 Å². The molecule has 0 saturated carbocycles. The lowest BCUT2D eigenvalue weighted by Crippen LogP contribution is -2.36. The van der Waals surface area contributed by atoms with Crippen LogP contribution in [0.1, 0.15) is 12.7 Å². The molecule has 0 aliphatic rings. The van der Waals surface area contributed by atoms with Crippen molar-refractivity contribution in [2.24, 2.45) is 5.73 Å². The Kier molecular flexibility index (Phi) is 2.57. The van der Waals surface area contributed by atoms with Crippen LogP contribution in [0.4, 0.5) is 0 Å². The standard InChI is InChI=1S/C11H15N3O2/c1-11(16,6-12)5-10-13-8-3-2-7(15)4-9(8)14-10/h2-4,15-16H,5-6,12H2,1H3,(H,13,14). The monoisotopic (exact) mass is 221 g/mol. The van der Waals surface area contributed by atoms with Crippen LogP contribution in [-0.4, -0.2) is 32.3 Å². The minimum Gasteiger partial charge on any atom is -0.508 e. The summed E-state index contributed by atoms with van der Waals surface area (Å²) >= 11 is 0. The minimum absolute atomic E-state index is 0.176. The number of hydrogen-bond donors (Lipinski definition) is 4. The average Bonchev–Trinajstić information content (AvgIpc) is 2.58. The summed E-state index contributed by atoms with van der Waals surface area (Å²) < 4.78 is 0. The molecule has 1 aromatic carbocycles. The summed E-state index contributed by atoms with van der Waals surface area (Å²) in [5.41, 5.74) is 6.00. The molecule has 1 atom stereocenters. The van der Waals surface area contributed by atoms with Gasteiger partial charge in [-0.25, -0.2) is 4.98 Å². The first-order valence-electron chi connectivity index (χ1n) is 5.10. The fraction of sp³-hybridized carbons (Fsp3) is 0.364. The molecule has 0 bridgehead atoms. The van der Waals surface area contributed by atoms with Crippen molar-refractivity contribution in [3.63, 3.8) is 0 Å². The number of rotatable bonds is 3. The lowest BCUT2D eigenvalue weighted by atomic mass is 10.0. The number of aromatic hydroxyl groups is 1. The molecule has 0 fully saturated rings. The Morgan fingerprint density at radius 1 is 1.50 bits per heavy atom. The van der Waals surface area contributed by atoms with Crippen LogP contribution < -0.4 is 5.73 Å². The molecular weight excluding hydrogens is 206 g/mol. The molecular formula is C11H15N3O2. The number of benzene rings is 1. The fourth-order valence-corrected chi connectivity index (χ4v) is 1.57. The maximum atomic E-state index is 9.82. The number of nitrogens with two attached hydrogens (primary N) is 1. The normalized spacial score (nSPS) is 15.2. The lowest BCUT2D eigenvalue weighted by Gasteiger charge is -2.18. The van der Waals surface area contributed by atoms with Gasteiger partial charge in [-0.15, -0.1) is 0 Å². The zero-order valence-electron chi connectivity index (χ0n) is 9.07. The minimum atomic E-state index is -0.962. The van der Waals surface area contributed by atoms with Crippen molar-refractivity contribution in [2.75, 3.05) is 6.54 Å². The fourth-order valence-electron chi connectivity index (χ4n) is 1.57. The van der Waals surface area contributed by atoms with E-state index < -0.39 is 5.60 Å². The van der Waals surface area contributed by atoms with Gasteiger partial charge in [-0.3, -0.25) is 0 Å². The van der Waals surface area contributed by atoms with E-state index in [4.69, 9.17) is 5.73 Å². The van der Waals surface area contributed by atoms with Crippen molar-refractivity contribution >= 4 is 11.0 Å². The summed E-state index contributed by atoms with van der Waals surface area (Å²) in [4.78, 5) is 7.34. The van der Waals surface area contributed by atoms with E-state index in [0.717, 1.165) is 11.0 Å². The molecule has 0 amide bonds. The average molecular weight is 221 g/mol. The Bertz CT molecular complexity index is 505. The van der Waals surface area contributed by atoms with Crippen LogP contribution in [-0.2, 0) is 6.42 Å². The van der Waals surface area contributed by atoms with Gasteiger partial charge in [0, 0.05) is 19.0 Å².